The number of fused-ring (bicyclic) bond motifs is 4. The second-order valence-electron chi connectivity index (χ2n) is 19.6. The summed E-state index contributed by atoms with van der Waals surface area (Å²) < 4.78 is 22.7. The smallest absolute Gasteiger partial charge is 0.280 e. The van der Waals surface area contributed by atoms with E-state index >= 15 is 4.79 Å². The molecule has 0 aliphatic carbocycles. The monoisotopic (exact) mass is 885 g/mol. The highest BCUT2D eigenvalue weighted by atomic mass is 29.2. The first-order chi connectivity index (χ1) is 27.6. The predicted octanol–water partition coefficient (Wildman–Crippen LogP) is 9.13. The highest BCUT2D eigenvalue weighted by Gasteiger charge is 2.58. The lowest BCUT2D eigenvalue weighted by Gasteiger charge is -2.47. The fraction of sp³-hybridized carbons (Fsp3) is 0.690. The Hall–Kier alpha value is -2.62. The number of nitrogens with zero attached hydrogens (tertiary/aromatic N) is 3. The molecule has 17 heteroatoms. The Bertz CT molecular complexity index is 1970. The molecule has 2 aliphatic heterocycles. The van der Waals surface area contributed by atoms with Crippen molar-refractivity contribution >= 4 is 61.1 Å². The van der Waals surface area contributed by atoms with E-state index in [0.29, 0.717) is 33.2 Å². The number of Topliss-reactive ketones (excluding diaryl/α,β-unsaturated/α-hetero) is 1. The third-order valence-electron chi connectivity index (χ3n) is 13.3. The van der Waals surface area contributed by atoms with Crippen molar-refractivity contribution in [1.82, 2.24) is 19.5 Å². The molecule has 59 heavy (non-hydrogen) atoms. The molecule has 0 unspecified atom stereocenters. The van der Waals surface area contributed by atoms with E-state index < -0.39 is 68.1 Å². The second-order valence-corrected chi connectivity index (χ2v) is 44.8. The number of carbonyl (C=O) groups is 2. The Labute approximate surface area is 356 Å². The number of rotatable bonds is 17. The van der Waals surface area contributed by atoms with Crippen LogP contribution in [0.5, 0.6) is 0 Å². The first-order valence-corrected chi connectivity index (χ1v) is 32.3. The number of nitrogens with one attached hydrogen (secondary N) is 2. The van der Waals surface area contributed by atoms with Gasteiger partial charge in [-0.1, -0.05) is 151 Å². The minimum atomic E-state index is -2.69. The van der Waals surface area contributed by atoms with E-state index in [0.717, 1.165) is 0 Å². The largest absolute Gasteiger partial charge is 0.348 e. The summed E-state index contributed by atoms with van der Waals surface area (Å²) in [5.41, 5.74) is 2.91. The molecule has 1 fully saturated rings. The molecule has 328 valence electrons. The fourth-order valence-corrected chi connectivity index (χ4v) is 48.6. The van der Waals surface area contributed by atoms with Crippen molar-refractivity contribution in [2.75, 3.05) is 11.9 Å². The molecular formula is C42H71N5O8Si4. The van der Waals surface area contributed by atoms with Crippen molar-refractivity contribution in [3.63, 3.8) is 0 Å². The number of hydrogen-bond donors (Lipinski definition) is 2. The van der Waals surface area contributed by atoms with Crippen LogP contribution >= 0.6 is 0 Å². The lowest BCUT2D eigenvalue weighted by atomic mass is 9.88. The average Bonchev–Trinajstić information content (AvgIpc) is 3.72. The van der Waals surface area contributed by atoms with Gasteiger partial charge in [-0.15, -0.1) is 0 Å². The van der Waals surface area contributed by atoms with Crippen LogP contribution in [-0.2, 0) is 23.7 Å². The number of hydrogen-bond acceptors (Lipinski definition) is 10. The molecule has 5 rings (SSSR count). The highest BCUT2D eigenvalue weighted by Crippen LogP contribution is 2.47. The summed E-state index contributed by atoms with van der Waals surface area (Å²) in [5, 5.41) is 2.69. The van der Waals surface area contributed by atoms with E-state index in [4.69, 9.17) is 23.7 Å². The summed E-state index contributed by atoms with van der Waals surface area (Å²) in [7, 11) is -8.37. The summed E-state index contributed by atoms with van der Waals surface area (Å²) >= 11 is 0. The lowest BCUT2D eigenvalue weighted by molar-refractivity contribution is -0.291. The number of ketones is 1. The van der Waals surface area contributed by atoms with Crippen molar-refractivity contribution in [3.8, 4) is 0 Å². The van der Waals surface area contributed by atoms with Gasteiger partial charge < -0.3 is 4.74 Å². The number of anilines is 1. The van der Waals surface area contributed by atoms with Crippen molar-refractivity contribution in [2.24, 2.45) is 5.92 Å². The lowest BCUT2D eigenvalue weighted by Crippen LogP contribution is -2.62. The summed E-state index contributed by atoms with van der Waals surface area (Å²) in [6.45, 7) is 36.6. The number of H-pyrrole nitrogens is 1. The topological polar surface area (TPSA) is 156 Å². The molecule has 0 spiro atoms. The van der Waals surface area contributed by atoms with Gasteiger partial charge in [0.05, 0.1) is 34.4 Å². The first-order valence-electron chi connectivity index (χ1n) is 21.8. The van der Waals surface area contributed by atoms with Crippen molar-refractivity contribution in [3.05, 3.63) is 52.1 Å². The van der Waals surface area contributed by atoms with Gasteiger partial charge in [0, 0.05) is 5.56 Å². The minimum Gasteiger partial charge on any atom is -0.348 e. The van der Waals surface area contributed by atoms with Crippen LogP contribution in [0.2, 0.25) is 44.3 Å². The zero-order chi connectivity index (χ0) is 43.9. The van der Waals surface area contributed by atoms with Gasteiger partial charge in [0.2, 0.25) is 21.6 Å². The van der Waals surface area contributed by atoms with Gasteiger partial charge >= 0.3 is 0 Å². The van der Waals surface area contributed by atoms with E-state index in [1.165, 1.54) is 6.33 Å². The van der Waals surface area contributed by atoms with Gasteiger partial charge in [-0.25, -0.2) is 14.8 Å². The van der Waals surface area contributed by atoms with E-state index in [1.807, 2.05) is 0 Å². The molecule has 1 aromatic carbocycles. The zero-order valence-electron chi connectivity index (χ0n) is 38.3. The fourth-order valence-electron chi connectivity index (χ4n) is 11.3. The second kappa shape index (κ2) is 18.8. The van der Waals surface area contributed by atoms with Crippen LogP contribution in [0.3, 0.4) is 0 Å². The Morgan fingerprint density at radius 2 is 1.25 bits per heavy atom. The van der Waals surface area contributed by atoms with Crippen molar-refractivity contribution in [2.45, 2.75) is 174 Å². The van der Waals surface area contributed by atoms with Crippen molar-refractivity contribution in [1.29, 1.82) is 0 Å². The number of imidazole rings is 1. The molecular weight excluding hydrogens is 815 g/mol. The molecule has 1 saturated heterocycles. The molecule has 4 atom stereocenters. The Morgan fingerprint density at radius 3 is 1.76 bits per heavy atom. The molecule has 3 aromatic rings. The summed E-state index contributed by atoms with van der Waals surface area (Å²) in [6.07, 6.45) is -1.45. The zero-order valence-corrected chi connectivity index (χ0v) is 42.6. The number of ether oxygens (including phenoxy) is 1. The van der Waals surface area contributed by atoms with E-state index in [1.54, 1.807) is 28.8 Å². The van der Waals surface area contributed by atoms with Crippen LogP contribution in [0.25, 0.3) is 11.2 Å². The number of amides is 1. The van der Waals surface area contributed by atoms with Gasteiger partial charge in [0.1, 0.15) is 25.0 Å². The maximum atomic E-state index is 15.3. The van der Waals surface area contributed by atoms with Crippen LogP contribution in [0.15, 0.2) is 35.4 Å². The maximum absolute atomic E-state index is 15.3. The Balaban J connectivity index is 1.70. The molecule has 1 amide bonds. The van der Waals surface area contributed by atoms with Crippen LogP contribution in [0, 0.1) is 5.92 Å². The summed E-state index contributed by atoms with van der Waals surface area (Å²) in [6, 6.07) is 6.66. The van der Waals surface area contributed by atoms with Crippen LogP contribution in [-0.4, -0.2) is 82.3 Å². The minimum absolute atomic E-state index is 0.0407. The van der Waals surface area contributed by atoms with Gasteiger partial charge in [-0.2, -0.15) is 4.98 Å². The number of aromatic amines is 1. The molecule has 0 radical (unpaired) electrons. The van der Waals surface area contributed by atoms with Crippen molar-refractivity contribution < 1.29 is 33.3 Å². The molecule has 0 saturated carbocycles. The Morgan fingerprint density at radius 1 is 0.746 bits per heavy atom. The highest BCUT2D eigenvalue weighted by molar-refractivity contribution is 7.32. The summed E-state index contributed by atoms with van der Waals surface area (Å²) in [5.74, 6) is -2.09. The molecule has 2 aromatic heterocycles. The summed E-state index contributed by atoms with van der Waals surface area (Å²) in [4.78, 5) is 67.7. The predicted molar refractivity (Wildman–Crippen MR) is 244 cm³/mol. The normalized spacial score (nSPS) is 20.6. The van der Waals surface area contributed by atoms with E-state index in [2.05, 4.69) is 131 Å². The maximum Gasteiger partial charge on any atom is 0.280 e. The van der Waals surface area contributed by atoms with Gasteiger partial charge in [0.15, 0.2) is 16.9 Å². The first kappa shape index (κ1) is 47.4. The molecule has 2 aliphatic rings. The number of carbonyl (C=O) groups excluding carboxylic acids is 2. The number of benzene rings is 1. The third kappa shape index (κ3) is 8.74. The third-order valence-corrected chi connectivity index (χ3v) is 52.0. The standard InChI is InChI=1S/C42H71N5O8Si4/c1-23(2)56(24(3)4)58(27(9)10,28(11)12)54-51-21-33-37(53-55-59(29(13)14,30(15)16)57(25(5)6)26(7)8)34-36(48)31-19-17-18-20-32(31)39(49)45-42-44-38-35(40(50)46-42)43-22-47(38)41(34)52-33/h17-20,22-30,33-34,37,41,56-57H,21H2,1-16H3,(H2,44,45,46,49,50)/t33-,34-,37-,41-/m1/s1. The SMILES string of the molecule is CC(C)[SiH](C(C)C)[Si](OOC[C@H]1O[C@@H]2[C@H](C(=O)c3ccccc3C(=O)Nc3nc4c(ncn42)c(=O)[nH]3)[C@@H]1OO[Si](C(C)C)(C(C)C)[SiH](C(C)C)C(C)C)(C(C)C)C(C)C. The van der Waals surface area contributed by atoms with Crippen LogP contribution in [0.4, 0.5) is 5.95 Å². The molecule has 2 N–H and O–H groups in total. The Kier molecular flexibility index (Phi) is 15.1. The van der Waals surface area contributed by atoms with Crippen LogP contribution in [0.1, 0.15) is 138 Å². The average molecular weight is 886 g/mol. The van der Waals surface area contributed by atoms with Gasteiger partial charge in [0.25, 0.3) is 11.5 Å². The van der Waals surface area contributed by atoms with Crippen LogP contribution < -0.4 is 10.9 Å². The molecule has 2 bridgehead atoms. The molecule has 4 heterocycles. The van der Waals surface area contributed by atoms with E-state index in [9.17, 15) is 9.59 Å². The quantitative estimate of drug-likeness (QED) is 0.0762. The molecule has 13 nitrogen and oxygen atoms in total. The van der Waals surface area contributed by atoms with Gasteiger partial charge in [-0.3, -0.25) is 38.4 Å². The van der Waals surface area contributed by atoms with E-state index in [-0.39, 0.29) is 51.7 Å². The number of aromatic nitrogens is 4. The van der Waals surface area contributed by atoms with Gasteiger partial charge in [-0.05, 0) is 28.2 Å².